The van der Waals surface area contributed by atoms with Crippen molar-refractivity contribution >= 4 is 21.6 Å². The molecule has 1 fully saturated rings. The van der Waals surface area contributed by atoms with Crippen molar-refractivity contribution in [1.29, 1.82) is 0 Å². The first kappa shape index (κ1) is 13.8. The fourth-order valence-electron chi connectivity index (χ4n) is 3.24. The minimum atomic E-state index is 0.195. The van der Waals surface area contributed by atoms with Crippen molar-refractivity contribution in [2.24, 2.45) is 5.73 Å². The molecule has 1 saturated carbocycles. The maximum absolute atomic E-state index is 6.27. The summed E-state index contributed by atoms with van der Waals surface area (Å²) >= 11 is 1.71. The molecule has 114 valence electrons. The van der Waals surface area contributed by atoms with Crippen LogP contribution in [-0.2, 0) is 0 Å². The minimum Gasteiger partial charge on any atom is -0.327 e. The van der Waals surface area contributed by atoms with Crippen LogP contribution >= 0.6 is 11.3 Å². The van der Waals surface area contributed by atoms with Gasteiger partial charge in [-0.2, -0.15) is 5.10 Å². The number of aromatic amines is 1. The van der Waals surface area contributed by atoms with Gasteiger partial charge in [-0.1, -0.05) is 12.8 Å². The summed E-state index contributed by atoms with van der Waals surface area (Å²) in [5.74, 6) is 1.21. The fraction of sp³-hybridized carbons (Fsp3) is 0.438. The van der Waals surface area contributed by atoms with E-state index < -0.39 is 0 Å². The largest absolute Gasteiger partial charge is 0.327 e. The van der Waals surface area contributed by atoms with Crippen molar-refractivity contribution in [3.8, 4) is 10.4 Å². The third-order valence-electron chi connectivity index (χ3n) is 4.54. The van der Waals surface area contributed by atoms with Gasteiger partial charge < -0.3 is 5.73 Å². The molecule has 3 aromatic rings. The van der Waals surface area contributed by atoms with Crippen LogP contribution in [0.15, 0.2) is 18.5 Å². The Bertz CT molecular complexity index is 806. The molecule has 0 spiro atoms. The quantitative estimate of drug-likeness (QED) is 0.760. The minimum absolute atomic E-state index is 0.195. The third kappa shape index (κ3) is 2.32. The highest BCUT2D eigenvalue weighted by atomic mass is 32.1. The van der Waals surface area contributed by atoms with E-state index in [0.717, 1.165) is 40.1 Å². The number of thiophene rings is 1. The molecule has 2 atom stereocenters. The Morgan fingerprint density at radius 1 is 1.27 bits per heavy atom. The van der Waals surface area contributed by atoms with Crippen molar-refractivity contribution in [2.75, 3.05) is 0 Å². The molecule has 3 N–H and O–H groups in total. The first-order chi connectivity index (χ1) is 10.7. The first-order valence-corrected chi connectivity index (χ1v) is 8.56. The zero-order valence-corrected chi connectivity index (χ0v) is 13.4. The Labute approximate surface area is 133 Å². The van der Waals surface area contributed by atoms with Crippen LogP contribution in [0, 0.1) is 6.92 Å². The summed E-state index contributed by atoms with van der Waals surface area (Å²) in [6.45, 7) is 2.03. The van der Waals surface area contributed by atoms with Crippen molar-refractivity contribution < 1.29 is 0 Å². The van der Waals surface area contributed by atoms with E-state index in [1.807, 2.05) is 19.3 Å². The Morgan fingerprint density at radius 3 is 2.91 bits per heavy atom. The molecular weight excluding hydrogens is 294 g/mol. The second kappa shape index (κ2) is 5.44. The highest BCUT2D eigenvalue weighted by Crippen LogP contribution is 2.35. The lowest BCUT2D eigenvalue weighted by atomic mass is 9.84. The molecule has 22 heavy (non-hydrogen) atoms. The average molecular weight is 313 g/mol. The van der Waals surface area contributed by atoms with Crippen molar-refractivity contribution in [2.45, 2.75) is 44.6 Å². The van der Waals surface area contributed by atoms with E-state index in [1.165, 1.54) is 17.7 Å². The molecular formula is C16H19N5S. The van der Waals surface area contributed by atoms with Gasteiger partial charge in [0.15, 0.2) is 0 Å². The third-order valence-corrected chi connectivity index (χ3v) is 5.63. The van der Waals surface area contributed by atoms with Gasteiger partial charge in [0.25, 0.3) is 0 Å². The van der Waals surface area contributed by atoms with E-state index in [0.29, 0.717) is 5.92 Å². The van der Waals surface area contributed by atoms with Gasteiger partial charge >= 0.3 is 0 Å². The topological polar surface area (TPSA) is 80.5 Å². The maximum Gasteiger partial charge on any atom is 0.133 e. The zero-order chi connectivity index (χ0) is 15.1. The standard InChI is InChI=1S/C16H19N5S/c1-9-11(7-19-21-9)14-6-13-15(22-14)8-18-16(20-13)10-4-2-3-5-12(10)17/h6-8,10,12H,2-5,17H2,1H3,(H,19,21)/t10-,12+/m1/s1. The number of nitrogens with two attached hydrogens (primary N) is 1. The molecule has 6 heteroatoms. The van der Waals surface area contributed by atoms with Crippen molar-refractivity contribution in [3.05, 3.63) is 30.0 Å². The molecule has 0 radical (unpaired) electrons. The van der Waals surface area contributed by atoms with Crippen molar-refractivity contribution in [1.82, 2.24) is 20.2 Å². The van der Waals surface area contributed by atoms with Gasteiger partial charge in [-0.15, -0.1) is 11.3 Å². The van der Waals surface area contributed by atoms with Gasteiger partial charge in [-0.05, 0) is 25.8 Å². The van der Waals surface area contributed by atoms with Gasteiger partial charge in [0, 0.05) is 34.3 Å². The van der Waals surface area contributed by atoms with Gasteiger partial charge in [0.1, 0.15) is 5.82 Å². The SMILES string of the molecule is Cc1[nH]ncc1-c1cc2nc([C@@H]3CCCC[C@@H]3N)ncc2s1. The van der Waals surface area contributed by atoms with Crippen LogP contribution in [0.1, 0.15) is 43.1 Å². The highest BCUT2D eigenvalue weighted by molar-refractivity contribution is 7.22. The number of rotatable bonds is 2. The normalized spacial score (nSPS) is 22.3. The maximum atomic E-state index is 6.27. The van der Waals surface area contributed by atoms with E-state index in [1.54, 1.807) is 11.3 Å². The van der Waals surface area contributed by atoms with Crippen LogP contribution in [0.3, 0.4) is 0 Å². The molecule has 1 aliphatic rings. The van der Waals surface area contributed by atoms with E-state index in [2.05, 4.69) is 21.2 Å². The molecule has 0 aromatic carbocycles. The second-order valence-electron chi connectivity index (χ2n) is 6.05. The smallest absolute Gasteiger partial charge is 0.133 e. The summed E-state index contributed by atoms with van der Waals surface area (Å²) < 4.78 is 1.11. The van der Waals surface area contributed by atoms with Crippen LogP contribution in [-0.4, -0.2) is 26.2 Å². The molecule has 0 bridgehead atoms. The number of H-pyrrole nitrogens is 1. The summed E-state index contributed by atoms with van der Waals surface area (Å²) in [5.41, 5.74) is 9.50. The summed E-state index contributed by atoms with van der Waals surface area (Å²) in [7, 11) is 0. The van der Waals surface area contributed by atoms with E-state index in [-0.39, 0.29) is 6.04 Å². The Morgan fingerprint density at radius 2 is 2.14 bits per heavy atom. The highest BCUT2D eigenvalue weighted by Gasteiger charge is 2.26. The first-order valence-electron chi connectivity index (χ1n) is 7.75. The molecule has 3 heterocycles. The zero-order valence-electron chi connectivity index (χ0n) is 12.5. The molecule has 0 saturated heterocycles. The van der Waals surface area contributed by atoms with Crippen LogP contribution in [0.25, 0.3) is 20.7 Å². The van der Waals surface area contributed by atoms with Gasteiger partial charge in [-0.25, -0.2) is 9.97 Å². The van der Waals surface area contributed by atoms with E-state index >= 15 is 0 Å². The summed E-state index contributed by atoms with van der Waals surface area (Å²) in [5, 5.41) is 7.08. The number of nitrogens with zero attached hydrogens (tertiary/aromatic N) is 3. The van der Waals surface area contributed by atoms with Crippen LogP contribution in [0.4, 0.5) is 0 Å². The lowest BCUT2D eigenvalue weighted by Crippen LogP contribution is -2.32. The Balaban J connectivity index is 1.73. The molecule has 3 aromatic heterocycles. The molecule has 5 nitrogen and oxygen atoms in total. The number of hydrogen-bond donors (Lipinski definition) is 2. The van der Waals surface area contributed by atoms with Crippen molar-refractivity contribution in [3.63, 3.8) is 0 Å². The molecule has 0 unspecified atom stereocenters. The van der Waals surface area contributed by atoms with Crippen LogP contribution < -0.4 is 5.73 Å². The summed E-state index contributed by atoms with van der Waals surface area (Å²) in [4.78, 5) is 10.6. The molecule has 0 amide bonds. The number of aromatic nitrogens is 4. The van der Waals surface area contributed by atoms with Crippen LogP contribution in [0.2, 0.25) is 0 Å². The average Bonchev–Trinajstić information content (AvgIpc) is 3.12. The lowest BCUT2D eigenvalue weighted by Gasteiger charge is -2.27. The number of hydrogen-bond acceptors (Lipinski definition) is 5. The summed E-state index contributed by atoms with van der Waals surface area (Å²) in [6.07, 6.45) is 8.44. The number of aryl methyl sites for hydroxylation is 1. The second-order valence-corrected chi connectivity index (χ2v) is 7.14. The molecule has 0 aliphatic heterocycles. The monoisotopic (exact) mass is 313 g/mol. The van der Waals surface area contributed by atoms with Crippen LogP contribution in [0.5, 0.6) is 0 Å². The molecule has 1 aliphatic carbocycles. The molecule has 4 rings (SSSR count). The van der Waals surface area contributed by atoms with Gasteiger partial charge in [0.05, 0.1) is 16.4 Å². The van der Waals surface area contributed by atoms with E-state index in [4.69, 9.17) is 10.7 Å². The predicted octanol–water partition coefficient (Wildman–Crippen LogP) is 3.37. The van der Waals surface area contributed by atoms with E-state index in [9.17, 15) is 0 Å². The van der Waals surface area contributed by atoms with Gasteiger partial charge in [-0.3, -0.25) is 5.10 Å². The predicted molar refractivity (Wildman–Crippen MR) is 88.9 cm³/mol. The Hall–Kier alpha value is -1.79. The number of nitrogens with one attached hydrogen (secondary N) is 1. The van der Waals surface area contributed by atoms with Gasteiger partial charge in [0.2, 0.25) is 0 Å². The number of fused-ring (bicyclic) bond motifs is 1. The fourth-order valence-corrected chi connectivity index (χ4v) is 4.28. The Kier molecular flexibility index (Phi) is 3.43. The summed E-state index contributed by atoms with van der Waals surface area (Å²) in [6, 6.07) is 2.33. The lowest BCUT2D eigenvalue weighted by molar-refractivity contribution is 0.374.